The Morgan fingerprint density at radius 3 is 2.65 bits per heavy atom. The molecule has 0 amide bonds. The molecule has 0 saturated carbocycles. The van der Waals surface area contributed by atoms with Gasteiger partial charge < -0.3 is 5.11 Å². The van der Waals surface area contributed by atoms with Gasteiger partial charge in [-0.1, -0.05) is 18.2 Å². The normalized spacial score (nSPS) is 17.1. The summed E-state index contributed by atoms with van der Waals surface area (Å²) in [6.07, 6.45) is 0.631. The molecule has 0 saturated heterocycles. The first-order valence-corrected chi connectivity index (χ1v) is 9.21. The second kappa shape index (κ2) is 5.65. The van der Waals surface area contributed by atoms with E-state index in [1.807, 2.05) is 19.1 Å². The Hall–Kier alpha value is -1.86. The Morgan fingerprint density at radius 2 is 1.96 bits per heavy atom. The molecule has 1 aliphatic heterocycles. The fourth-order valence-electron chi connectivity index (χ4n) is 2.84. The monoisotopic (exact) mass is 395 g/mol. The van der Waals surface area contributed by atoms with Crippen LogP contribution in [0.5, 0.6) is 0 Å². The molecule has 1 N–H and O–H groups in total. The number of aromatic carboxylic acids is 1. The molecule has 0 aliphatic carbocycles. The Labute approximate surface area is 142 Å². The van der Waals surface area contributed by atoms with Crippen molar-refractivity contribution in [2.75, 3.05) is 4.31 Å². The highest BCUT2D eigenvalue weighted by Gasteiger charge is 2.37. The van der Waals surface area contributed by atoms with E-state index in [2.05, 4.69) is 15.9 Å². The number of rotatable bonds is 3. The summed E-state index contributed by atoms with van der Waals surface area (Å²) >= 11 is 3.22. The molecule has 1 aliphatic rings. The lowest BCUT2D eigenvalue weighted by Crippen LogP contribution is -2.36. The van der Waals surface area contributed by atoms with Gasteiger partial charge in [-0.15, -0.1) is 0 Å². The summed E-state index contributed by atoms with van der Waals surface area (Å²) in [6, 6.07) is 11.1. The lowest BCUT2D eigenvalue weighted by molar-refractivity contribution is 0.0696. The number of carboxylic acids is 1. The SMILES string of the molecule is C[C@H]1Cc2ccccc2N1S(=O)(=O)c1cc(C(=O)O)ccc1Br. The highest BCUT2D eigenvalue weighted by atomic mass is 79.9. The van der Waals surface area contributed by atoms with Crippen molar-refractivity contribution in [1.29, 1.82) is 0 Å². The maximum atomic E-state index is 13.1. The zero-order chi connectivity index (χ0) is 16.8. The highest BCUT2D eigenvalue weighted by Crippen LogP contribution is 2.38. The number of para-hydroxylation sites is 1. The third kappa shape index (κ3) is 2.64. The molecule has 0 bridgehead atoms. The molecule has 1 atom stereocenters. The van der Waals surface area contributed by atoms with Crippen LogP contribution in [-0.2, 0) is 16.4 Å². The van der Waals surface area contributed by atoms with Crippen LogP contribution in [0, 0.1) is 0 Å². The number of hydrogen-bond acceptors (Lipinski definition) is 3. The molecular weight excluding hydrogens is 382 g/mol. The van der Waals surface area contributed by atoms with Gasteiger partial charge in [-0.25, -0.2) is 13.2 Å². The van der Waals surface area contributed by atoms with E-state index < -0.39 is 16.0 Å². The molecule has 2 aromatic carbocycles. The number of carboxylic acid groups (broad SMARTS) is 1. The van der Waals surface area contributed by atoms with Crippen LogP contribution >= 0.6 is 15.9 Å². The third-order valence-corrected chi connectivity index (χ3v) is 6.78. The van der Waals surface area contributed by atoms with Gasteiger partial charge in [-0.05, 0) is 59.1 Å². The van der Waals surface area contributed by atoms with E-state index in [1.165, 1.54) is 22.5 Å². The summed E-state index contributed by atoms with van der Waals surface area (Å²) < 4.78 is 27.9. The number of fused-ring (bicyclic) bond motifs is 1. The Morgan fingerprint density at radius 1 is 1.26 bits per heavy atom. The van der Waals surface area contributed by atoms with Crippen molar-refractivity contribution in [2.24, 2.45) is 0 Å². The number of anilines is 1. The molecule has 3 rings (SSSR count). The van der Waals surface area contributed by atoms with E-state index in [9.17, 15) is 13.2 Å². The van der Waals surface area contributed by atoms with Crippen LogP contribution in [-0.4, -0.2) is 25.5 Å². The number of halogens is 1. The fraction of sp³-hybridized carbons (Fsp3) is 0.188. The molecule has 0 radical (unpaired) electrons. The van der Waals surface area contributed by atoms with E-state index in [0.717, 1.165) is 5.56 Å². The molecule has 0 unspecified atom stereocenters. The quantitative estimate of drug-likeness (QED) is 0.864. The summed E-state index contributed by atoms with van der Waals surface area (Å²) in [7, 11) is -3.86. The Kier molecular flexibility index (Phi) is 3.93. The second-order valence-corrected chi connectivity index (χ2v) is 8.07. The van der Waals surface area contributed by atoms with Crippen molar-refractivity contribution < 1.29 is 18.3 Å². The van der Waals surface area contributed by atoms with E-state index in [-0.39, 0.29) is 16.5 Å². The summed E-state index contributed by atoms with van der Waals surface area (Å²) in [5.74, 6) is -1.16. The van der Waals surface area contributed by atoms with Gasteiger partial charge in [0.15, 0.2) is 0 Å². The van der Waals surface area contributed by atoms with Crippen molar-refractivity contribution in [3.05, 3.63) is 58.1 Å². The molecule has 120 valence electrons. The first-order valence-electron chi connectivity index (χ1n) is 6.97. The fourth-order valence-corrected chi connectivity index (χ4v) is 5.49. The number of nitrogens with zero attached hydrogens (tertiary/aromatic N) is 1. The number of sulfonamides is 1. The van der Waals surface area contributed by atoms with Crippen LogP contribution in [0.4, 0.5) is 5.69 Å². The van der Waals surface area contributed by atoms with Crippen molar-refractivity contribution in [1.82, 2.24) is 0 Å². The molecular formula is C16H14BrNO4S. The largest absolute Gasteiger partial charge is 0.478 e. The third-order valence-electron chi connectivity index (χ3n) is 3.86. The van der Waals surface area contributed by atoms with Gasteiger partial charge >= 0.3 is 5.97 Å². The first-order chi connectivity index (χ1) is 10.8. The van der Waals surface area contributed by atoms with Gasteiger partial charge in [0.1, 0.15) is 4.90 Å². The van der Waals surface area contributed by atoms with E-state index >= 15 is 0 Å². The molecule has 2 aromatic rings. The molecule has 23 heavy (non-hydrogen) atoms. The van der Waals surface area contributed by atoms with Crippen LogP contribution in [0.3, 0.4) is 0 Å². The van der Waals surface area contributed by atoms with Crippen LogP contribution in [0.25, 0.3) is 0 Å². The average Bonchev–Trinajstić information content (AvgIpc) is 2.83. The lowest BCUT2D eigenvalue weighted by Gasteiger charge is -2.25. The van der Waals surface area contributed by atoms with Crippen LogP contribution in [0.1, 0.15) is 22.8 Å². The zero-order valence-electron chi connectivity index (χ0n) is 12.2. The van der Waals surface area contributed by atoms with Crippen LogP contribution in [0.2, 0.25) is 0 Å². The van der Waals surface area contributed by atoms with Gasteiger partial charge in [0.05, 0.1) is 11.3 Å². The molecule has 1 heterocycles. The number of benzene rings is 2. The Bertz CT molecular complexity index is 895. The minimum atomic E-state index is -3.86. The second-order valence-electron chi connectivity index (χ2n) is 5.43. The maximum absolute atomic E-state index is 13.1. The number of carbonyl (C=O) groups is 1. The van der Waals surface area contributed by atoms with Crippen molar-refractivity contribution in [3.63, 3.8) is 0 Å². The van der Waals surface area contributed by atoms with Gasteiger partial charge in [-0.3, -0.25) is 4.31 Å². The molecule has 7 heteroatoms. The van der Waals surface area contributed by atoms with Gasteiger partial charge in [-0.2, -0.15) is 0 Å². The summed E-state index contributed by atoms with van der Waals surface area (Å²) in [4.78, 5) is 11.1. The maximum Gasteiger partial charge on any atom is 0.335 e. The lowest BCUT2D eigenvalue weighted by atomic mass is 10.1. The summed E-state index contributed by atoms with van der Waals surface area (Å²) in [6.45, 7) is 1.84. The zero-order valence-corrected chi connectivity index (χ0v) is 14.6. The molecule has 0 spiro atoms. The highest BCUT2D eigenvalue weighted by molar-refractivity contribution is 9.10. The smallest absolute Gasteiger partial charge is 0.335 e. The molecule has 0 fully saturated rings. The van der Waals surface area contributed by atoms with Gasteiger partial charge in [0.25, 0.3) is 10.0 Å². The Balaban J connectivity index is 2.17. The van der Waals surface area contributed by atoms with Crippen molar-refractivity contribution in [2.45, 2.75) is 24.3 Å². The average molecular weight is 396 g/mol. The van der Waals surface area contributed by atoms with E-state index in [1.54, 1.807) is 12.1 Å². The van der Waals surface area contributed by atoms with Crippen LogP contribution in [0.15, 0.2) is 51.8 Å². The van der Waals surface area contributed by atoms with Gasteiger partial charge in [0, 0.05) is 10.5 Å². The first kappa shape index (κ1) is 16.0. The molecule has 0 aromatic heterocycles. The number of hydrogen-bond donors (Lipinski definition) is 1. The van der Waals surface area contributed by atoms with Gasteiger partial charge in [0.2, 0.25) is 0 Å². The topological polar surface area (TPSA) is 74.7 Å². The standard InChI is InChI=1S/C16H14BrNO4S/c1-10-8-11-4-2-3-5-14(11)18(10)23(21,22)15-9-12(16(19)20)6-7-13(15)17/h2-7,9-10H,8H2,1H3,(H,19,20)/t10-/m0/s1. The minimum Gasteiger partial charge on any atom is -0.478 e. The summed E-state index contributed by atoms with van der Waals surface area (Å²) in [5.41, 5.74) is 1.55. The minimum absolute atomic E-state index is 0.0408. The van der Waals surface area contributed by atoms with Crippen molar-refractivity contribution >= 4 is 37.6 Å². The predicted molar refractivity (Wildman–Crippen MR) is 90.4 cm³/mol. The van der Waals surface area contributed by atoms with Crippen LogP contribution < -0.4 is 4.31 Å². The molecule has 5 nitrogen and oxygen atoms in total. The summed E-state index contributed by atoms with van der Waals surface area (Å²) in [5, 5.41) is 9.12. The van der Waals surface area contributed by atoms with E-state index in [4.69, 9.17) is 5.11 Å². The van der Waals surface area contributed by atoms with Crippen molar-refractivity contribution in [3.8, 4) is 0 Å². The predicted octanol–water partition coefficient (Wildman–Crippen LogP) is 3.29. The van der Waals surface area contributed by atoms with E-state index in [0.29, 0.717) is 16.6 Å².